The average molecular weight is 322 g/mol. The number of ether oxygens (including phenoxy) is 1. The Kier molecular flexibility index (Phi) is 6.22. The highest BCUT2D eigenvalue weighted by atomic mass is 35.5. The van der Waals surface area contributed by atoms with E-state index in [9.17, 15) is 18.5 Å². The maximum atomic E-state index is 11.3. The van der Waals surface area contributed by atoms with Gasteiger partial charge in [-0.2, -0.15) is 0 Å². The topological polar surface area (TPSA) is 86.5 Å². The molecule has 0 N–H and O–H groups in total. The summed E-state index contributed by atoms with van der Waals surface area (Å²) in [6, 6.07) is 4.47. The lowest BCUT2D eigenvalue weighted by Crippen LogP contribution is -2.12. The monoisotopic (exact) mass is 321 g/mol. The molecule has 0 fully saturated rings. The summed E-state index contributed by atoms with van der Waals surface area (Å²) in [4.78, 5) is 10.4. The summed E-state index contributed by atoms with van der Waals surface area (Å²) in [6.07, 6.45) is 0.296. The summed E-state index contributed by atoms with van der Waals surface area (Å²) in [5.74, 6) is 0.391. The van der Waals surface area contributed by atoms with Gasteiger partial charge < -0.3 is 4.74 Å². The van der Waals surface area contributed by atoms with Gasteiger partial charge in [-0.25, -0.2) is 8.42 Å². The fraction of sp³-hybridized carbons (Fsp3) is 0.500. The molecule has 20 heavy (non-hydrogen) atoms. The Balaban J connectivity index is 2.66. The van der Waals surface area contributed by atoms with Crippen LogP contribution in [0.25, 0.3) is 0 Å². The van der Waals surface area contributed by atoms with E-state index in [1.165, 1.54) is 12.1 Å². The van der Waals surface area contributed by atoms with Crippen LogP contribution in [0.3, 0.4) is 0 Å². The molecular weight excluding hydrogens is 306 g/mol. The maximum absolute atomic E-state index is 11.3. The van der Waals surface area contributed by atoms with Crippen LogP contribution in [-0.2, 0) is 15.7 Å². The fourth-order valence-electron chi connectivity index (χ4n) is 1.52. The van der Waals surface area contributed by atoms with Crippen LogP contribution in [0.5, 0.6) is 5.75 Å². The van der Waals surface area contributed by atoms with E-state index in [-0.39, 0.29) is 35.4 Å². The van der Waals surface area contributed by atoms with Gasteiger partial charge in [-0.05, 0) is 18.1 Å². The van der Waals surface area contributed by atoms with Crippen LogP contribution in [0, 0.1) is 10.1 Å². The molecule has 112 valence electrons. The number of alkyl halides is 1. The van der Waals surface area contributed by atoms with Crippen molar-refractivity contribution in [3.05, 3.63) is 33.9 Å². The SMILES string of the molecule is CCS(=O)(=O)CCCOc1ccc(CCl)cc1[N+](=O)[O-]. The molecule has 0 amide bonds. The third kappa shape index (κ3) is 4.97. The molecule has 0 radical (unpaired) electrons. The number of halogens is 1. The number of hydrogen-bond donors (Lipinski definition) is 0. The molecule has 0 aliphatic carbocycles. The molecule has 8 heteroatoms. The number of rotatable bonds is 8. The lowest BCUT2D eigenvalue weighted by atomic mass is 10.2. The summed E-state index contributed by atoms with van der Waals surface area (Å²) in [6.45, 7) is 1.69. The molecule has 1 aromatic carbocycles. The zero-order valence-corrected chi connectivity index (χ0v) is 12.6. The van der Waals surface area contributed by atoms with E-state index in [2.05, 4.69) is 0 Å². The van der Waals surface area contributed by atoms with Gasteiger partial charge in [0.05, 0.1) is 17.3 Å². The molecule has 0 atom stereocenters. The first-order valence-corrected chi connectivity index (χ1v) is 8.41. The Hall–Kier alpha value is -1.34. The van der Waals surface area contributed by atoms with Crippen LogP contribution in [0.1, 0.15) is 18.9 Å². The predicted octanol–water partition coefficient (Wildman–Crippen LogP) is 2.54. The van der Waals surface area contributed by atoms with Gasteiger partial charge in [-0.3, -0.25) is 10.1 Å². The third-order valence-corrected chi connectivity index (χ3v) is 4.77. The van der Waals surface area contributed by atoms with Gasteiger partial charge in [0, 0.05) is 17.7 Å². The minimum absolute atomic E-state index is 0.0110. The van der Waals surface area contributed by atoms with Crippen molar-refractivity contribution in [2.75, 3.05) is 18.1 Å². The smallest absolute Gasteiger partial charge is 0.311 e. The second-order valence-electron chi connectivity index (χ2n) is 4.13. The van der Waals surface area contributed by atoms with E-state index in [4.69, 9.17) is 16.3 Å². The fourth-order valence-corrected chi connectivity index (χ4v) is 2.53. The van der Waals surface area contributed by atoms with Gasteiger partial charge in [0.1, 0.15) is 9.84 Å². The molecule has 0 saturated carbocycles. The second-order valence-corrected chi connectivity index (χ2v) is 6.87. The van der Waals surface area contributed by atoms with E-state index in [0.29, 0.717) is 12.0 Å². The minimum Gasteiger partial charge on any atom is -0.487 e. The van der Waals surface area contributed by atoms with Gasteiger partial charge in [-0.15, -0.1) is 11.6 Å². The molecule has 0 unspecified atom stereocenters. The van der Waals surface area contributed by atoms with Crippen molar-refractivity contribution >= 4 is 27.1 Å². The second kappa shape index (κ2) is 7.44. The average Bonchev–Trinajstić information content (AvgIpc) is 2.43. The molecule has 0 aliphatic rings. The first-order chi connectivity index (χ1) is 9.39. The number of nitrogens with zero attached hydrogens (tertiary/aromatic N) is 1. The van der Waals surface area contributed by atoms with Crippen molar-refractivity contribution in [3.8, 4) is 5.75 Å². The van der Waals surface area contributed by atoms with Crippen molar-refractivity contribution in [1.29, 1.82) is 0 Å². The Labute approximate surface area is 122 Å². The van der Waals surface area contributed by atoms with Crippen molar-refractivity contribution in [3.63, 3.8) is 0 Å². The largest absolute Gasteiger partial charge is 0.487 e. The van der Waals surface area contributed by atoms with E-state index in [1.807, 2.05) is 0 Å². The first-order valence-electron chi connectivity index (χ1n) is 6.06. The van der Waals surface area contributed by atoms with E-state index < -0.39 is 14.8 Å². The number of sulfone groups is 1. The van der Waals surface area contributed by atoms with E-state index >= 15 is 0 Å². The normalized spacial score (nSPS) is 11.3. The van der Waals surface area contributed by atoms with Crippen LogP contribution in [0.4, 0.5) is 5.69 Å². The number of nitro groups is 1. The van der Waals surface area contributed by atoms with Crippen LogP contribution >= 0.6 is 11.6 Å². The van der Waals surface area contributed by atoms with Crippen molar-refractivity contribution < 1.29 is 18.1 Å². The number of hydrogen-bond acceptors (Lipinski definition) is 5. The highest BCUT2D eigenvalue weighted by Gasteiger charge is 2.16. The molecule has 1 rings (SSSR count). The Morgan fingerprint density at radius 3 is 2.65 bits per heavy atom. The standard InChI is InChI=1S/C12H16ClNO5S/c1-2-20(17,18)7-3-6-19-12-5-4-10(9-13)8-11(12)14(15)16/h4-5,8H,2-3,6-7,9H2,1H3. The lowest BCUT2D eigenvalue weighted by Gasteiger charge is -2.07. The summed E-state index contributed by atoms with van der Waals surface area (Å²) in [7, 11) is -3.04. The van der Waals surface area contributed by atoms with Crippen LogP contribution < -0.4 is 4.74 Å². The van der Waals surface area contributed by atoms with Gasteiger partial charge in [-0.1, -0.05) is 13.0 Å². The molecule has 1 aromatic rings. The van der Waals surface area contributed by atoms with Crippen LogP contribution in [0.15, 0.2) is 18.2 Å². The Morgan fingerprint density at radius 2 is 2.10 bits per heavy atom. The predicted molar refractivity (Wildman–Crippen MR) is 77.1 cm³/mol. The van der Waals surface area contributed by atoms with Gasteiger partial charge >= 0.3 is 5.69 Å². The molecule has 0 heterocycles. The number of benzene rings is 1. The molecule has 0 aromatic heterocycles. The zero-order valence-electron chi connectivity index (χ0n) is 11.0. The zero-order chi connectivity index (χ0) is 15.2. The summed E-state index contributed by atoms with van der Waals surface area (Å²) in [5, 5.41) is 10.9. The highest BCUT2D eigenvalue weighted by Crippen LogP contribution is 2.28. The molecule has 0 aliphatic heterocycles. The van der Waals surface area contributed by atoms with Crippen LogP contribution in [0.2, 0.25) is 0 Å². The molecule has 6 nitrogen and oxygen atoms in total. The third-order valence-electron chi connectivity index (χ3n) is 2.67. The van der Waals surface area contributed by atoms with Crippen molar-refractivity contribution in [2.45, 2.75) is 19.2 Å². The van der Waals surface area contributed by atoms with Crippen LogP contribution in [-0.4, -0.2) is 31.5 Å². The van der Waals surface area contributed by atoms with E-state index in [1.54, 1.807) is 13.0 Å². The van der Waals surface area contributed by atoms with Crippen molar-refractivity contribution in [1.82, 2.24) is 0 Å². The lowest BCUT2D eigenvalue weighted by molar-refractivity contribution is -0.385. The molecule has 0 bridgehead atoms. The quantitative estimate of drug-likeness (QED) is 0.318. The maximum Gasteiger partial charge on any atom is 0.311 e. The minimum atomic E-state index is -3.04. The summed E-state index contributed by atoms with van der Waals surface area (Å²) < 4.78 is 27.9. The number of nitro benzene ring substituents is 1. The summed E-state index contributed by atoms with van der Waals surface area (Å²) >= 11 is 5.62. The Morgan fingerprint density at radius 1 is 1.40 bits per heavy atom. The van der Waals surface area contributed by atoms with Gasteiger partial charge in [0.2, 0.25) is 0 Å². The Bertz CT molecular complexity index is 573. The molecule has 0 spiro atoms. The molecular formula is C12H16ClNO5S. The first kappa shape index (κ1) is 16.7. The highest BCUT2D eigenvalue weighted by molar-refractivity contribution is 7.91. The van der Waals surface area contributed by atoms with E-state index in [0.717, 1.165) is 0 Å². The van der Waals surface area contributed by atoms with Gasteiger partial charge in [0.25, 0.3) is 0 Å². The molecule has 0 saturated heterocycles. The summed E-state index contributed by atoms with van der Waals surface area (Å²) in [5.41, 5.74) is 0.459. The van der Waals surface area contributed by atoms with Gasteiger partial charge in [0.15, 0.2) is 5.75 Å². The van der Waals surface area contributed by atoms with Crippen molar-refractivity contribution in [2.24, 2.45) is 0 Å².